The van der Waals surface area contributed by atoms with Gasteiger partial charge in [0.2, 0.25) is 0 Å². The van der Waals surface area contributed by atoms with Crippen LogP contribution in [0.4, 0.5) is 0 Å². The maximum Gasteiger partial charge on any atom is 0.332 e. The molecule has 6 heteroatoms. The van der Waals surface area contributed by atoms with Gasteiger partial charge in [-0.2, -0.15) is 0 Å². The van der Waals surface area contributed by atoms with E-state index in [0.29, 0.717) is 16.9 Å². The molecule has 0 unspecified atom stereocenters. The lowest BCUT2D eigenvalue weighted by atomic mass is 10.1. The summed E-state index contributed by atoms with van der Waals surface area (Å²) in [7, 11) is 1.63. The molecule has 0 fully saturated rings. The summed E-state index contributed by atoms with van der Waals surface area (Å²) in [6, 6.07) is 15.6. The Morgan fingerprint density at radius 2 is 1.71 bits per heavy atom. The van der Waals surface area contributed by atoms with E-state index in [-0.39, 0.29) is 12.1 Å². The van der Waals surface area contributed by atoms with E-state index in [9.17, 15) is 9.59 Å². The van der Waals surface area contributed by atoms with E-state index in [1.807, 2.05) is 62.4 Å². The number of benzene rings is 2. The van der Waals surface area contributed by atoms with Crippen LogP contribution < -0.4 is 11.2 Å². The normalized spacial score (nSPS) is 11.1. The van der Waals surface area contributed by atoms with Crippen LogP contribution in [-0.2, 0) is 13.6 Å². The number of aryl methyl sites for hydroxylation is 3. The highest BCUT2D eigenvalue weighted by Gasteiger charge is 2.14. The minimum Gasteiger partial charge on any atom is -0.280 e. The molecule has 28 heavy (non-hydrogen) atoms. The first-order valence-corrected chi connectivity index (χ1v) is 9.03. The standard InChI is InChI=1S/C22H20N4O2/c1-14-7-9-17(10-8-14)19-23-12-18-20(24-19)25(3)22(28)26(21(18)27)13-16-6-4-5-15(2)11-16/h4-12H,13H2,1-3H3. The summed E-state index contributed by atoms with van der Waals surface area (Å²) in [5.74, 6) is 0.485. The number of aromatic nitrogens is 4. The van der Waals surface area contributed by atoms with Gasteiger partial charge in [0.05, 0.1) is 6.54 Å². The van der Waals surface area contributed by atoms with Crippen LogP contribution >= 0.6 is 0 Å². The lowest BCUT2D eigenvalue weighted by Gasteiger charge is -2.11. The van der Waals surface area contributed by atoms with Gasteiger partial charge in [-0.25, -0.2) is 14.8 Å². The quantitative estimate of drug-likeness (QED) is 0.554. The fraction of sp³-hybridized carbons (Fsp3) is 0.182. The Morgan fingerprint density at radius 1 is 0.964 bits per heavy atom. The Morgan fingerprint density at radius 3 is 2.43 bits per heavy atom. The van der Waals surface area contributed by atoms with E-state index in [2.05, 4.69) is 9.97 Å². The van der Waals surface area contributed by atoms with Crippen molar-refractivity contribution in [3.63, 3.8) is 0 Å². The Bertz CT molecular complexity index is 1300. The maximum absolute atomic E-state index is 13.0. The van der Waals surface area contributed by atoms with Crippen LogP contribution in [0.2, 0.25) is 0 Å². The average Bonchev–Trinajstić information content (AvgIpc) is 2.70. The maximum atomic E-state index is 13.0. The molecule has 6 nitrogen and oxygen atoms in total. The highest BCUT2D eigenvalue weighted by Crippen LogP contribution is 2.17. The van der Waals surface area contributed by atoms with Crippen LogP contribution in [0.15, 0.2) is 64.3 Å². The van der Waals surface area contributed by atoms with E-state index in [0.717, 1.165) is 22.3 Å². The lowest BCUT2D eigenvalue weighted by Crippen LogP contribution is -2.39. The molecule has 0 aliphatic carbocycles. The van der Waals surface area contributed by atoms with Crippen molar-refractivity contribution in [2.24, 2.45) is 7.05 Å². The summed E-state index contributed by atoms with van der Waals surface area (Å²) in [5, 5.41) is 0.325. The molecule has 0 spiro atoms. The number of fused-ring (bicyclic) bond motifs is 1. The molecule has 2 aromatic carbocycles. The van der Waals surface area contributed by atoms with E-state index in [1.54, 1.807) is 7.05 Å². The smallest absolute Gasteiger partial charge is 0.280 e. The third-order valence-electron chi connectivity index (χ3n) is 4.81. The summed E-state index contributed by atoms with van der Waals surface area (Å²) < 4.78 is 2.64. The minimum absolute atomic E-state index is 0.211. The van der Waals surface area contributed by atoms with Crippen LogP contribution in [0.3, 0.4) is 0 Å². The van der Waals surface area contributed by atoms with Crippen molar-refractivity contribution in [1.29, 1.82) is 0 Å². The highest BCUT2D eigenvalue weighted by molar-refractivity contribution is 5.75. The van der Waals surface area contributed by atoms with Crippen molar-refractivity contribution in [2.45, 2.75) is 20.4 Å². The first-order valence-electron chi connectivity index (χ1n) is 9.03. The monoisotopic (exact) mass is 372 g/mol. The van der Waals surface area contributed by atoms with Gasteiger partial charge in [-0.05, 0) is 19.4 Å². The van der Waals surface area contributed by atoms with Crippen molar-refractivity contribution in [3.8, 4) is 11.4 Å². The third-order valence-corrected chi connectivity index (χ3v) is 4.81. The largest absolute Gasteiger partial charge is 0.332 e. The Labute approximate surface area is 161 Å². The topological polar surface area (TPSA) is 69.8 Å². The van der Waals surface area contributed by atoms with Crippen LogP contribution in [0, 0.1) is 13.8 Å². The first kappa shape index (κ1) is 17.9. The second kappa shape index (κ2) is 6.88. The molecule has 0 bridgehead atoms. The SMILES string of the molecule is Cc1ccc(-c2ncc3c(=O)n(Cc4cccc(C)c4)c(=O)n(C)c3n2)cc1. The molecule has 140 valence electrons. The molecule has 4 rings (SSSR count). The van der Waals surface area contributed by atoms with Gasteiger partial charge in [0.15, 0.2) is 11.5 Å². The van der Waals surface area contributed by atoms with Crippen LogP contribution in [-0.4, -0.2) is 19.1 Å². The molecule has 0 N–H and O–H groups in total. The molecular weight excluding hydrogens is 352 g/mol. The fourth-order valence-corrected chi connectivity index (χ4v) is 3.26. The second-order valence-corrected chi connectivity index (χ2v) is 7.02. The molecule has 0 atom stereocenters. The first-order chi connectivity index (χ1) is 13.4. The Hall–Kier alpha value is -3.54. The van der Waals surface area contributed by atoms with Gasteiger partial charge in [-0.1, -0.05) is 59.7 Å². The zero-order valence-electron chi connectivity index (χ0n) is 16.0. The summed E-state index contributed by atoms with van der Waals surface area (Å²) in [4.78, 5) is 34.7. The van der Waals surface area contributed by atoms with Gasteiger partial charge >= 0.3 is 5.69 Å². The number of nitrogens with zero attached hydrogens (tertiary/aromatic N) is 4. The van der Waals surface area contributed by atoms with Gasteiger partial charge < -0.3 is 0 Å². The number of rotatable bonds is 3. The second-order valence-electron chi connectivity index (χ2n) is 7.02. The number of hydrogen-bond acceptors (Lipinski definition) is 4. The molecule has 0 aliphatic rings. The molecule has 4 aromatic rings. The predicted octanol–water partition coefficient (Wildman–Crippen LogP) is 2.82. The average molecular weight is 372 g/mol. The van der Waals surface area contributed by atoms with Gasteiger partial charge in [0, 0.05) is 18.8 Å². The van der Waals surface area contributed by atoms with E-state index in [1.165, 1.54) is 15.3 Å². The Balaban J connectivity index is 1.87. The summed E-state index contributed by atoms with van der Waals surface area (Å²) in [6.07, 6.45) is 1.51. The summed E-state index contributed by atoms with van der Waals surface area (Å²) >= 11 is 0. The van der Waals surface area contributed by atoms with Gasteiger partial charge in [0.25, 0.3) is 5.56 Å². The summed E-state index contributed by atoms with van der Waals surface area (Å²) in [5.41, 5.74) is 3.51. The van der Waals surface area contributed by atoms with Crippen molar-refractivity contribution in [2.75, 3.05) is 0 Å². The molecule has 0 amide bonds. The van der Waals surface area contributed by atoms with Crippen LogP contribution in [0.5, 0.6) is 0 Å². The molecule has 2 heterocycles. The Kier molecular flexibility index (Phi) is 4.39. The zero-order valence-corrected chi connectivity index (χ0v) is 16.0. The van der Waals surface area contributed by atoms with Crippen molar-refractivity contribution in [1.82, 2.24) is 19.1 Å². The van der Waals surface area contributed by atoms with E-state index >= 15 is 0 Å². The molecule has 0 aliphatic heterocycles. The minimum atomic E-state index is -0.396. The van der Waals surface area contributed by atoms with Crippen molar-refractivity contribution < 1.29 is 0 Å². The molecule has 0 saturated carbocycles. The molecular formula is C22H20N4O2. The summed E-state index contributed by atoms with van der Waals surface area (Å²) in [6.45, 7) is 4.19. The van der Waals surface area contributed by atoms with Crippen LogP contribution in [0.1, 0.15) is 16.7 Å². The number of hydrogen-bond donors (Lipinski definition) is 0. The highest BCUT2D eigenvalue weighted by atomic mass is 16.2. The van der Waals surface area contributed by atoms with Crippen molar-refractivity contribution in [3.05, 3.63) is 92.3 Å². The van der Waals surface area contributed by atoms with Gasteiger partial charge in [0.1, 0.15) is 5.39 Å². The van der Waals surface area contributed by atoms with E-state index < -0.39 is 5.69 Å². The molecule has 0 radical (unpaired) electrons. The van der Waals surface area contributed by atoms with Crippen LogP contribution in [0.25, 0.3) is 22.4 Å². The van der Waals surface area contributed by atoms with E-state index in [4.69, 9.17) is 0 Å². The zero-order chi connectivity index (χ0) is 19.8. The van der Waals surface area contributed by atoms with Crippen molar-refractivity contribution >= 4 is 11.0 Å². The predicted molar refractivity (Wildman–Crippen MR) is 109 cm³/mol. The molecule has 0 saturated heterocycles. The lowest BCUT2D eigenvalue weighted by molar-refractivity contribution is 0.656. The third kappa shape index (κ3) is 3.13. The fourth-order valence-electron chi connectivity index (χ4n) is 3.26. The van der Waals surface area contributed by atoms with Gasteiger partial charge in [-0.15, -0.1) is 0 Å². The van der Waals surface area contributed by atoms with Gasteiger partial charge in [-0.3, -0.25) is 13.9 Å². The molecule has 2 aromatic heterocycles.